The topological polar surface area (TPSA) is 59.4 Å². The summed E-state index contributed by atoms with van der Waals surface area (Å²) in [5, 5.41) is 7.55. The minimum atomic E-state index is -0.0970. The molecular formula is C25H30N4O2S. The van der Waals surface area contributed by atoms with Gasteiger partial charge in [0, 0.05) is 47.6 Å². The molecule has 5 rings (SSSR count). The second-order valence-electron chi connectivity index (χ2n) is 8.65. The maximum Gasteiger partial charge on any atom is 0.256 e. The number of ether oxygens (including phenoxy) is 1. The first-order valence-corrected chi connectivity index (χ1v) is 12.4. The Morgan fingerprint density at radius 1 is 1.06 bits per heavy atom. The first-order chi connectivity index (χ1) is 15.8. The smallest absolute Gasteiger partial charge is 0.256 e. The summed E-state index contributed by atoms with van der Waals surface area (Å²) >= 11 is 1.91. The van der Waals surface area contributed by atoms with Gasteiger partial charge in [0.25, 0.3) is 5.91 Å². The van der Waals surface area contributed by atoms with Crippen LogP contribution in [0.25, 0.3) is 0 Å². The van der Waals surface area contributed by atoms with Crippen LogP contribution in [0, 0.1) is 0 Å². The summed E-state index contributed by atoms with van der Waals surface area (Å²) in [5.74, 6) is 0.674. The number of thiophene rings is 1. The van der Waals surface area contributed by atoms with Crippen LogP contribution in [0.4, 0.5) is 5.82 Å². The Morgan fingerprint density at radius 3 is 2.69 bits per heavy atom. The number of carbonyl (C=O) groups excluding carboxylic acids is 1. The molecule has 1 atom stereocenters. The quantitative estimate of drug-likeness (QED) is 0.555. The molecule has 7 heteroatoms. The Hall–Kier alpha value is -2.48. The fourth-order valence-electron chi connectivity index (χ4n) is 4.64. The van der Waals surface area contributed by atoms with Crippen molar-refractivity contribution in [2.24, 2.45) is 0 Å². The van der Waals surface area contributed by atoms with E-state index >= 15 is 0 Å². The number of carbonyl (C=O) groups is 1. The average molecular weight is 451 g/mol. The van der Waals surface area contributed by atoms with Crippen molar-refractivity contribution in [2.45, 2.75) is 50.8 Å². The molecule has 0 radical (unpaired) electrons. The lowest BCUT2D eigenvalue weighted by Gasteiger charge is -2.32. The number of anilines is 1. The number of nitrogens with one attached hydrogen (secondary N) is 1. The van der Waals surface area contributed by atoms with Crippen LogP contribution < -0.4 is 5.32 Å². The van der Waals surface area contributed by atoms with Crippen molar-refractivity contribution in [2.75, 3.05) is 25.0 Å². The van der Waals surface area contributed by atoms with Gasteiger partial charge in [-0.25, -0.2) is 4.68 Å². The number of hydrogen-bond donors (Lipinski definition) is 1. The largest absolute Gasteiger partial charge is 0.373 e. The third-order valence-corrected chi connectivity index (χ3v) is 7.57. The van der Waals surface area contributed by atoms with Crippen LogP contribution in [-0.2, 0) is 11.3 Å². The van der Waals surface area contributed by atoms with Gasteiger partial charge in [-0.2, -0.15) is 5.10 Å². The molecule has 0 spiro atoms. The summed E-state index contributed by atoms with van der Waals surface area (Å²) in [6, 6.07) is 16.0. The van der Waals surface area contributed by atoms with Crippen LogP contribution >= 0.6 is 11.3 Å². The molecular weight excluding hydrogens is 420 g/mol. The molecule has 2 fully saturated rings. The van der Waals surface area contributed by atoms with Gasteiger partial charge >= 0.3 is 0 Å². The van der Waals surface area contributed by atoms with Crippen LogP contribution in [0.2, 0.25) is 0 Å². The Bertz CT molecular complexity index is 1020. The van der Waals surface area contributed by atoms with Crippen molar-refractivity contribution in [3.63, 3.8) is 0 Å². The van der Waals surface area contributed by atoms with E-state index in [0.717, 1.165) is 51.3 Å². The van der Waals surface area contributed by atoms with Gasteiger partial charge in [-0.1, -0.05) is 18.2 Å². The average Bonchev–Trinajstić information content (AvgIpc) is 3.51. The fraction of sp³-hybridized carbons (Fsp3) is 0.440. The summed E-state index contributed by atoms with van der Waals surface area (Å²) in [5.41, 5.74) is 0.656. The summed E-state index contributed by atoms with van der Waals surface area (Å²) in [6.07, 6.45) is 7.74. The molecule has 1 amide bonds. The van der Waals surface area contributed by atoms with Crippen molar-refractivity contribution >= 4 is 23.1 Å². The lowest BCUT2D eigenvalue weighted by Crippen LogP contribution is -2.34. The first kappa shape index (κ1) is 21.4. The fourth-order valence-corrected chi connectivity index (χ4v) is 5.78. The number of nitrogens with zero attached hydrogens (tertiary/aromatic N) is 3. The van der Waals surface area contributed by atoms with E-state index < -0.39 is 0 Å². The molecule has 168 valence electrons. The molecule has 2 aromatic heterocycles. The number of amides is 1. The van der Waals surface area contributed by atoms with Crippen LogP contribution in [-0.4, -0.2) is 40.3 Å². The van der Waals surface area contributed by atoms with Crippen LogP contribution in [0.5, 0.6) is 0 Å². The van der Waals surface area contributed by atoms with Crippen molar-refractivity contribution < 1.29 is 9.53 Å². The van der Waals surface area contributed by atoms with Crippen LogP contribution in [0.1, 0.15) is 64.4 Å². The second kappa shape index (κ2) is 9.98. The molecule has 3 aromatic rings. The third-order valence-electron chi connectivity index (χ3n) is 6.41. The minimum Gasteiger partial charge on any atom is -0.373 e. The Labute approximate surface area is 193 Å². The van der Waals surface area contributed by atoms with E-state index in [-0.39, 0.29) is 5.91 Å². The van der Waals surface area contributed by atoms with Crippen molar-refractivity contribution in [1.82, 2.24) is 14.7 Å². The summed E-state index contributed by atoms with van der Waals surface area (Å²) in [4.78, 5) is 17.9. The number of hydrogen-bond acceptors (Lipinski definition) is 5. The molecule has 0 bridgehead atoms. The molecule has 1 aromatic carbocycles. The van der Waals surface area contributed by atoms with Gasteiger partial charge in [-0.05, 0) is 56.4 Å². The van der Waals surface area contributed by atoms with E-state index in [1.807, 2.05) is 52.4 Å². The highest BCUT2D eigenvalue weighted by Crippen LogP contribution is 2.34. The zero-order valence-corrected chi connectivity index (χ0v) is 19.1. The van der Waals surface area contributed by atoms with Crippen molar-refractivity contribution in [3.05, 3.63) is 70.0 Å². The van der Waals surface area contributed by atoms with Crippen LogP contribution in [0.15, 0.2) is 54.7 Å². The Kier molecular flexibility index (Phi) is 6.67. The molecule has 2 aliphatic heterocycles. The zero-order chi connectivity index (χ0) is 21.8. The lowest BCUT2D eigenvalue weighted by molar-refractivity contribution is 0.0172. The van der Waals surface area contributed by atoms with E-state index in [1.54, 1.807) is 6.20 Å². The molecule has 4 heterocycles. The van der Waals surface area contributed by atoms with Gasteiger partial charge in [-0.3, -0.25) is 9.69 Å². The van der Waals surface area contributed by atoms with Gasteiger partial charge in [0.2, 0.25) is 0 Å². The standard InChI is InChI=1S/C25H30N4O2S/c30-25(19-6-2-1-3-7-19)27-24-11-14-26-29(24)20-12-15-28(16-13-20)18-21-9-10-23(32-21)22-8-4-5-17-31-22/h1-3,6-7,9-11,14,20,22H,4-5,8,12-13,15-18H2,(H,27,30). The lowest BCUT2D eigenvalue weighted by atomic mass is 10.1. The third kappa shape index (κ3) is 4.95. The summed E-state index contributed by atoms with van der Waals surface area (Å²) in [6.45, 7) is 3.96. The zero-order valence-electron chi connectivity index (χ0n) is 18.3. The molecule has 2 aliphatic rings. The van der Waals surface area contributed by atoms with Gasteiger partial charge in [0.15, 0.2) is 0 Å². The van der Waals surface area contributed by atoms with Gasteiger partial charge in [0.1, 0.15) is 5.82 Å². The Morgan fingerprint density at radius 2 is 1.91 bits per heavy atom. The van der Waals surface area contributed by atoms with E-state index in [2.05, 4.69) is 27.4 Å². The highest BCUT2D eigenvalue weighted by Gasteiger charge is 2.24. The monoisotopic (exact) mass is 450 g/mol. The molecule has 32 heavy (non-hydrogen) atoms. The van der Waals surface area contributed by atoms with E-state index in [4.69, 9.17) is 4.74 Å². The predicted molar refractivity (Wildman–Crippen MR) is 127 cm³/mol. The SMILES string of the molecule is O=C(Nc1ccnn1C1CCN(Cc2ccc(C3CCCCO3)s2)CC1)c1ccccc1. The van der Waals surface area contributed by atoms with Gasteiger partial charge in [-0.15, -0.1) is 11.3 Å². The second-order valence-corrected chi connectivity index (χ2v) is 9.85. The number of aromatic nitrogens is 2. The summed E-state index contributed by atoms with van der Waals surface area (Å²) < 4.78 is 7.93. The molecule has 0 aliphatic carbocycles. The predicted octanol–water partition coefficient (Wildman–Crippen LogP) is 5.28. The van der Waals surface area contributed by atoms with E-state index in [9.17, 15) is 4.79 Å². The molecule has 6 nitrogen and oxygen atoms in total. The maximum atomic E-state index is 12.6. The molecule has 1 N–H and O–H groups in total. The Balaban J connectivity index is 1.15. The highest BCUT2D eigenvalue weighted by molar-refractivity contribution is 7.12. The van der Waals surface area contributed by atoms with Crippen molar-refractivity contribution in [1.29, 1.82) is 0 Å². The minimum absolute atomic E-state index is 0.0970. The van der Waals surface area contributed by atoms with Gasteiger partial charge in [0.05, 0.1) is 18.3 Å². The number of benzene rings is 1. The van der Waals surface area contributed by atoms with Crippen molar-refractivity contribution in [3.8, 4) is 0 Å². The molecule has 2 saturated heterocycles. The normalized spacial score (nSPS) is 20.3. The van der Waals surface area contributed by atoms with E-state index in [0.29, 0.717) is 17.7 Å². The van der Waals surface area contributed by atoms with Gasteiger partial charge < -0.3 is 10.1 Å². The number of piperidine rings is 1. The first-order valence-electron chi connectivity index (χ1n) is 11.6. The summed E-state index contributed by atoms with van der Waals surface area (Å²) in [7, 11) is 0. The number of likely N-dealkylation sites (tertiary alicyclic amines) is 1. The number of rotatable bonds is 6. The molecule has 0 saturated carbocycles. The molecule has 1 unspecified atom stereocenters. The van der Waals surface area contributed by atoms with Crippen LogP contribution in [0.3, 0.4) is 0 Å². The van der Waals surface area contributed by atoms with E-state index in [1.165, 1.54) is 22.6 Å². The highest BCUT2D eigenvalue weighted by atomic mass is 32.1. The maximum absolute atomic E-state index is 12.6.